The largest absolute Gasteiger partial charge is 0.481 e. The number of carboxylic acids is 1. The van der Waals surface area contributed by atoms with Crippen LogP contribution in [0, 0.1) is 5.41 Å². The second-order valence-electron chi connectivity index (χ2n) is 5.65. The van der Waals surface area contributed by atoms with E-state index in [1.807, 2.05) is 0 Å². The summed E-state index contributed by atoms with van der Waals surface area (Å²) in [6.07, 6.45) is 2.62. The average molecular weight is 306 g/mol. The number of aliphatic carboxylic acids is 1. The van der Waals surface area contributed by atoms with Crippen molar-refractivity contribution in [3.05, 3.63) is 0 Å². The van der Waals surface area contributed by atoms with Crippen LogP contribution in [0.3, 0.4) is 0 Å². The molecule has 0 aromatic heterocycles. The van der Waals surface area contributed by atoms with E-state index in [4.69, 9.17) is 12.2 Å². The first-order valence-corrected chi connectivity index (χ1v) is 7.03. The summed E-state index contributed by atoms with van der Waals surface area (Å²) in [7, 11) is 0. The molecular formula is C12H20ClN3O2S. The molecule has 0 aromatic rings. The predicted molar refractivity (Wildman–Crippen MR) is 78.7 cm³/mol. The van der Waals surface area contributed by atoms with Crippen molar-refractivity contribution in [2.75, 3.05) is 32.7 Å². The Labute approximate surface area is 124 Å². The van der Waals surface area contributed by atoms with Crippen molar-refractivity contribution in [3.63, 3.8) is 0 Å². The molecule has 1 unspecified atom stereocenters. The van der Waals surface area contributed by atoms with Crippen LogP contribution in [0.4, 0.5) is 0 Å². The van der Waals surface area contributed by atoms with Gasteiger partial charge in [0.05, 0.1) is 11.5 Å². The molecule has 1 aliphatic carbocycles. The number of nitrogens with zero attached hydrogens (tertiary/aromatic N) is 2. The van der Waals surface area contributed by atoms with Gasteiger partial charge in [0.15, 0.2) is 5.11 Å². The highest BCUT2D eigenvalue weighted by Gasteiger charge is 2.48. The minimum Gasteiger partial charge on any atom is -0.481 e. The Morgan fingerprint density at radius 1 is 1.53 bits per heavy atom. The number of nitrogens with one attached hydrogen (secondary N) is 1. The van der Waals surface area contributed by atoms with Gasteiger partial charge in [-0.15, -0.1) is 12.4 Å². The van der Waals surface area contributed by atoms with Gasteiger partial charge < -0.3 is 20.2 Å². The lowest BCUT2D eigenvalue weighted by Crippen LogP contribution is -2.50. The minimum atomic E-state index is -0.653. The Morgan fingerprint density at radius 2 is 2.26 bits per heavy atom. The van der Waals surface area contributed by atoms with Crippen molar-refractivity contribution in [1.82, 2.24) is 15.1 Å². The van der Waals surface area contributed by atoms with Gasteiger partial charge in [-0.05, 0) is 25.1 Å². The minimum absolute atomic E-state index is 0. The number of carbonyl (C=O) groups is 1. The zero-order valence-corrected chi connectivity index (χ0v) is 12.4. The van der Waals surface area contributed by atoms with Gasteiger partial charge in [-0.25, -0.2) is 0 Å². The number of halogens is 1. The Hall–Kier alpha value is -0.590. The van der Waals surface area contributed by atoms with Gasteiger partial charge in [-0.1, -0.05) is 6.42 Å². The number of fused-ring (bicyclic) bond motifs is 1. The molecule has 7 heteroatoms. The fourth-order valence-electron chi connectivity index (χ4n) is 3.23. The molecular weight excluding hydrogens is 286 g/mol. The summed E-state index contributed by atoms with van der Waals surface area (Å²) in [5, 5.41) is 13.6. The van der Waals surface area contributed by atoms with Crippen molar-refractivity contribution in [3.8, 4) is 0 Å². The molecule has 0 amide bonds. The highest BCUT2D eigenvalue weighted by Crippen LogP contribution is 2.42. The number of carboxylic acid groups (broad SMARTS) is 1. The zero-order chi connectivity index (χ0) is 12.8. The summed E-state index contributed by atoms with van der Waals surface area (Å²) >= 11 is 5.50. The lowest BCUT2D eigenvalue weighted by molar-refractivity contribution is -0.155. The molecule has 0 radical (unpaired) electrons. The Balaban J connectivity index is 0.00000133. The van der Waals surface area contributed by atoms with Crippen molar-refractivity contribution in [2.24, 2.45) is 5.41 Å². The van der Waals surface area contributed by atoms with E-state index in [9.17, 15) is 9.90 Å². The number of hydrogen-bond acceptors (Lipinski definition) is 3. The van der Waals surface area contributed by atoms with Gasteiger partial charge in [0.1, 0.15) is 0 Å². The maximum atomic E-state index is 11.4. The number of hydrogen-bond donors (Lipinski definition) is 2. The van der Waals surface area contributed by atoms with E-state index in [-0.39, 0.29) is 12.4 Å². The summed E-state index contributed by atoms with van der Waals surface area (Å²) in [4.78, 5) is 15.8. The quantitative estimate of drug-likeness (QED) is 0.742. The van der Waals surface area contributed by atoms with Crippen LogP contribution in [0.25, 0.3) is 0 Å². The second-order valence-corrected chi connectivity index (χ2v) is 6.02. The van der Waals surface area contributed by atoms with E-state index in [0.29, 0.717) is 12.6 Å². The fraction of sp³-hybridized carbons (Fsp3) is 0.833. The van der Waals surface area contributed by atoms with Crippen LogP contribution in [0.5, 0.6) is 0 Å². The van der Waals surface area contributed by atoms with Crippen molar-refractivity contribution in [2.45, 2.75) is 25.3 Å². The molecule has 0 spiro atoms. The first-order chi connectivity index (χ1) is 8.62. The molecule has 2 saturated heterocycles. The molecule has 1 atom stereocenters. The van der Waals surface area contributed by atoms with E-state index in [1.54, 1.807) is 0 Å². The molecule has 3 rings (SSSR count). The van der Waals surface area contributed by atoms with Gasteiger partial charge in [0.2, 0.25) is 0 Å². The zero-order valence-electron chi connectivity index (χ0n) is 10.8. The van der Waals surface area contributed by atoms with Crippen molar-refractivity contribution in [1.29, 1.82) is 0 Å². The number of rotatable bonds is 3. The second kappa shape index (κ2) is 5.42. The van der Waals surface area contributed by atoms with Gasteiger partial charge in [-0.3, -0.25) is 4.79 Å². The third-order valence-corrected chi connectivity index (χ3v) is 5.05. The first-order valence-electron chi connectivity index (χ1n) is 6.62. The normalized spacial score (nSPS) is 28.4. The lowest BCUT2D eigenvalue weighted by Gasteiger charge is -2.40. The molecule has 19 heavy (non-hydrogen) atoms. The van der Waals surface area contributed by atoms with Crippen LogP contribution in [-0.4, -0.2) is 64.8 Å². The molecule has 0 bridgehead atoms. The summed E-state index contributed by atoms with van der Waals surface area (Å²) in [6, 6.07) is 0.428. The molecule has 0 aromatic carbocycles. The van der Waals surface area contributed by atoms with Gasteiger partial charge in [0, 0.05) is 32.7 Å². The monoisotopic (exact) mass is 305 g/mol. The predicted octanol–water partition coefficient (Wildman–Crippen LogP) is 0.537. The summed E-state index contributed by atoms with van der Waals surface area (Å²) in [5.41, 5.74) is -0.536. The van der Waals surface area contributed by atoms with E-state index >= 15 is 0 Å². The summed E-state index contributed by atoms with van der Waals surface area (Å²) in [5.74, 6) is -0.653. The third kappa shape index (κ3) is 2.41. The molecule has 3 fully saturated rings. The Kier molecular flexibility index (Phi) is 4.23. The fourth-order valence-corrected chi connectivity index (χ4v) is 3.61. The number of thiocarbonyl (C=S) groups is 1. The van der Waals surface area contributed by atoms with Crippen molar-refractivity contribution >= 4 is 35.7 Å². The summed E-state index contributed by atoms with van der Waals surface area (Å²) < 4.78 is 0. The molecule has 5 nitrogen and oxygen atoms in total. The van der Waals surface area contributed by atoms with E-state index in [2.05, 4.69) is 15.1 Å². The maximum absolute atomic E-state index is 11.4. The molecule has 2 heterocycles. The van der Waals surface area contributed by atoms with Crippen molar-refractivity contribution < 1.29 is 9.90 Å². The van der Waals surface area contributed by atoms with Crippen LogP contribution in [-0.2, 0) is 4.79 Å². The van der Waals surface area contributed by atoms with Crippen LogP contribution in [0.1, 0.15) is 19.3 Å². The van der Waals surface area contributed by atoms with Crippen LogP contribution >= 0.6 is 24.6 Å². The van der Waals surface area contributed by atoms with Gasteiger partial charge >= 0.3 is 5.97 Å². The Bertz CT molecular complexity index is 389. The highest BCUT2D eigenvalue weighted by atomic mass is 35.5. The van der Waals surface area contributed by atoms with Crippen LogP contribution < -0.4 is 5.32 Å². The number of piperazine rings is 1. The van der Waals surface area contributed by atoms with E-state index < -0.39 is 11.4 Å². The SMILES string of the molecule is Cl.O=C(O)C1(CN2CC3CNCCN3C2=S)CCC1. The topological polar surface area (TPSA) is 55.8 Å². The summed E-state index contributed by atoms with van der Waals surface area (Å²) in [6.45, 7) is 4.33. The average Bonchev–Trinajstić information content (AvgIpc) is 2.61. The third-order valence-electron chi connectivity index (χ3n) is 4.56. The lowest BCUT2D eigenvalue weighted by atomic mass is 9.68. The maximum Gasteiger partial charge on any atom is 0.311 e. The molecule has 2 aliphatic heterocycles. The highest BCUT2D eigenvalue weighted by molar-refractivity contribution is 7.80. The van der Waals surface area contributed by atoms with Crippen LogP contribution in [0.15, 0.2) is 0 Å². The first kappa shape index (κ1) is 14.8. The van der Waals surface area contributed by atoms with Gasteiger partial charge in [-0.2, -0.15) is 0 Å². The van der Waals surface area contributed by atoms with Crippen LogP contribution in [0.2, 0.25) is 0 Å². The van der Waals surface area contributed by atoms with Gasteiger partial charge in [0.25, 0.3) is 0 Å². The molecule has 1 saturated carbocycles. The van der Waals surface area contributed by atoms with E-state index in [1.165, 1.54) is 0 Å². The molecule has 2 N–H and O–H groups in total. The Morgan fingerprint density at radius 3 is 2.79 bits per heavy atom. The van der Waals surface area contributed by atoms with E-state index in [0.717, 1.165) is 50.6 Å². The molecule has 3 aliphatic rings. The standard InChI is InChI=1S/C12H19N3O2S.ClH/c16-10(17)12(2-1-3-12)8-14-7-9-6-13-4-5-15(9)11(14)18;/h9,13H,1-8H2,(H,16,17);1H. The molecule has 108 valence electrons. The smallest absolute Gasteiger partial charge is 0.311 e.